The Morgan fingerprint density at radius 3 is 2.71 bits per heavy atom. The maximum atomic E-state index is 9.47. The van der Waals surface area contributed by atoms with Crippen LogP contribution in [-0.4, -0.2) is 11.2 Å². The van der Waals surface area contributed by atoms with Gasteiger partial charge in [0.1, 0.15) is 0 Å². The SMILES string of the molecule is OC1C=C(Sc2ccccc2)CCC1. The molecule has 0 aromatic heterocycles. The van der Waals surface area contributed by atoms with Crippen LogP contribution in [0.2, 0.25) is 0 Å². The van der Waals surface area contributed by atoms with Crippen molar-refractivity contribution in [3.8, 4) is 0 Å². The van der Waals surface area contributed by atoms with Crippen molar-refractivity contribution < 1.29 is 5.11 Å². The highest BCUT2D eigenvalue weighted by atomic mass is 32.2. The van der Waals surface area contributed by atoms with Gasteiger partial charge in [-0.15, -0.1) is 0 Å². The lowest BCUT2D eigenvalue weighted by Gasteiger charge is -2.16. The molecule has 1 nitrogen and oxygen atoms in total. The van der Waals surface area contributed by atoms with Crippen molar-refractivity contribution in [2.24, 2.45) is 0 Å². The van der Waals surface area contributed by atoms with E-state index in [1.54, 1.807) is 11.8 Å². The van der Waals surface area contributed by atoms with Crippen LogP contribution in [0.1, 0.15) is 19.3 Å². The summed E-state index contributed by atoms with van der Waals surface area (Å²) in [6, 6.07) is 10.3. The summed E-state index contributed by atoms with van der Waals surface area (Å²) < 4.78 is 0. The predicted octanol–water partition coefficient (Wildman–Crippen LogP) is 3.21. The molecule has 0 aliphatic heterocycles. The molecule has 1 atom stereocenters. The lowest BCUT2D eigenvalue weighted by Crippen LogP contribution is -2.07. The number of hydrogen-bond donors (Lipinski definition) is 1. The van der Waals surface area contributed by atoms with Crippen molar-refractivity contribution in [2.45, 2.75) is 30.3 Å². The highest BCUT2D eigenvalue weighted by Gasteiger charge is 2.11. The third-order valence-corrected chi connectivity index (χ3v) is 3.40. The van der Waals surface area contributed by atoms with Crippen molar-refractivity contribution >= 4 is 11.8 Å². The van der Waals surface area contributed by atoms with Gasteiger partial charge >= 0.3 is 0 Å². The van der Waals surface area contributed by atoms with Gasteiger partial charge in [0.2, 0.25) is 0 Å². The third-order valence-electron chi connectivity index (χ3n) is 2.29. The van der Waals surface area contributed by atoms with Gasteiger partial charge in [0, 0.05) is 4.90 Å². The van der Waals surface area contributed by atoms with E-state index in [1.165, 1.54) is 9.80 Å². The molecule has 1 aromatic rings. The topological polar surface area (TPSA) is 20.2 Å². The maximum Gasteiger partial charge on any atom is 0.0731 e. The Morgan fingerprint density at radius 2 is 2.00 bits per heavy atom. The normalized spacial score (nSPS) is 21.8. The zero-order chi connectivity index (χ0) is 9.80. The first-order valence-corrected chi connectivity index (χ1v) is 5.78. The molecule has 1 aromatic carbocycles. The van der Waals surface area contributed by atoms with Gasteiger partial charge in [-0.05, 0) is 42.4 Å². The summed E-state index contributed by atoms with van der Waals surface area (Å²) in [5.74, 6) is 0. The first kappa shape index (κ1) is 9.81. The van der Waals surface area contributed by atoms with Crippen LogP contribution in [0.15, 0.2) is 46.2 Å². The summed E-state index contributed by atoms with van der Waals surface area (Å²) in [6.07, 6.45) is 4.89. The molecule has 0 spiro atoms. The average molecular weight is 206 g/mol. The molecular weight excluding hydrogens is 192 g/mol. The Hall–Kier alpha value is -0.730. The Balaban J connectivity index is 2.04. The number of thioether (sulfide) groups is 1. The molecule has 0 bridgehead atoms. The van der Waals surface area contributed by atoms with Crippen LogP contribution < -0.4 is 0 Å². The number of benzene rings is 1. The Kier molecular flexibility index (Phi) is 3.27. The molecule has 2 heteroatoms. The smallest absolute Gasteiger partial charge is 0.0731 e. The van der Waals surface area contributed by atoms with Gasteiger partial charge < -0.3 is 5.11 Å². The largest absolute Gasteiger partial charge is 0.389 e. The monoisotopic (exact) mass is 206 g/mol. The molecule has 74 valence electrons. The highest BCUT2D eigenvalue weighted by Crippen LogP contribution is 2.33. The second-order valence-electron chi connectivity index (χ2n) is 3.51. The summed E-state index contributed by atoms with van der Waals surface area (Å²) in [5, 5.41) is 9.47. The van der Waals surface area contributed by atoms with Gasteiger partial charge in [-0.1, -0.05) is 30.0 Å². The minimum absolute atomic E-state index is 0.227. The molecule has 1 aliphatic rings. The molecule has 0 fully saturated rings. The van der Waals surface area contributed by atoms with E-state index in [0.29, 0.717) is 0 Å². The average Bonchev–Trinajstić information content (AvgIpc) is 2.19. The molecule has 1 N–H and O–H groups in total. The highest BCUT2D eigenvalue weighted by molar-refractivity contribution is 8.03. The molecule has 14 heavy (non-hydrogen) atoms. The van der Waals surface area contributed by atoms with E-state index in [2.05, 4.69) is 12.1 Å². The van der Waals surface area contributed by atoms with E-state index in [-0.39, 0.29) is 6.10 Å². The first-order valence-electron chi connectivity index (χ1n) is 4.96. The lowest BCUT2D eigenvalue weighted by atomic mass is 10.1. The maximum absolute atomic E-state index is 9.47. The van der Waals surface area contributed by atoms with E-state index in [9.17, 15) is 5.11 Å². The standard InChI is InChI=1S/C12H14OS/c13-10-5-4-8-12(9-10)14-11-6-2-1-3-7-11/h1-3,6-7,9-10,13H,4-5,8H2. The molecule has 0 saturated heterocycles. The molecule has 0 radical (unpaired) electrons. The van der Waals surface area contributed by atoms with Crippen LogP contribution in [-0.2, 0) is 0 Å². The predicted molar refractivity (Wildman–Crippen MR) is 60.2 cm³/mol. The van der Waals surface area contributed by atoms with E-state index in [4.69, 9.17) is 0 Å². The van der Waals surface area contributed by atoms with Crippen LogP contribution in [0, 0.1) is 0 Å². The van der Waals surface area contributed by atoms with Gasteiger partial charge in [0.05, 0.1) is 6.10 Å². The second kappa shape index (κ2) is 4.67. The molecule has 0 saturated carbocycles. The van der Waals surface area contributed by atoms with Crippen LogP contribution in [0.4, 0.5) is 0 Å². The van der Waals surface area contributed by atoms with Gasteiger partial charge in [0.15, 0.2) is 0 Å². The summed E-state index contributed by atoms with van der Waals surface area (Å²) >= 11 is 1.77. The molecular formula is C12H14OS. The van der Waals surface area contributed by atoms with Crippen molar-refractivity contribution in [1.82, 2.24) is 0 Å². The Morgan fingerprint density at radius 1 is 1.21 bits per heavy atom. The summed E-state index contributed by atoms with van der Waals surface area (Å²) in [6.45, 7) is 0. The number of aliphatic hydroxyl groups is 1. The number of hydrogen-bond acceptors (Lipinski definition) is 2. The Labute approximate surface area is 88.8 Å². The van der Waals surface area contributed by atoms with E-state index in [1.807, 2.05) is 24.3 Å². The van der Waals surface area contributed by atoms with Gasteiger partial charge in [-0.3, -0.25) is 0 Å². The fourth-order valence-electron chi connectivity index (χ4n) is 1.59. The van der Waals surface area contributed by atoms with Crippen LogP contribution in [0.3, 0.4) is 0 Å². The fourth-order valence-corrected chi connectivity index (χ4v) is 2.66. The van der Waals surface area contributed by atoms with Gasteiger partial charge in [0.25, 0.3) is 0 Å². The molecule has 0 amide bonds. The molecule has 2 rings (SSSR count). The van der Waals surface area contributed by atoms with Crippen molar-refractivity contribution in [2.75, 3.05) is 0 Å². The molecule has 1 unspecified atom stereocenters. The van der Waals surface area contributed by atoms with E-state index >= 15 is 0 Å². The van der Waals surface area contributed by atoms with Gasteiger partial charge in [-0.2, -0.15) is 0 Å². The first-order chi connectivity index (χ1) is 6.84. The molecule has 0 heterocycles. The quantitative estimate of drug-likeness (QED) is 0.801. The van der Waals surface area contributed by atoms with E-state index in [0.717, 1.165) is 19.3 Å². The lowest BCUT2D eigenvalue weighted by molar-refractivity contribution is 0.204. The third kappa shape index (κ3) is 2.63. The van der Waals surface area contributed by atoms with Crippen LogP contribution in [0.25, 0.3) is 0 Å². The van der Waals surface area contributed by atoms with Crippen LogP contribution >= 0.6 is 11.8 Å². The number of allylic oxidation sites excluding steroid dienone is 1. The fraction of sp³-hybridized carbons (Fsp3) is 0.333. The minimum atomic E-state index is -0.227. The second-order valence-corrected chi connectivity index (χ2v) is 4.71. The number of aliphatic hydroxyl groups excluding tert-OH is 1. The summed E-state index contributed by atoms with van der Waals surface area (Å²) in [7, 11) is 0. The zero-order valence-corrected chi connectivity index (χ0v) is 8.83. The minimum Gasteiger partial charge on any atom is -0.389 e. The van der Waals surface area contributed by atoms with Crippen LogP contribution in [0.5, 0.6) is 0 Å². The Bertz CT molecular complexity index is 318. The van der Waals surface area contributed by atoms with Crippen molar-refractivity contribution in [1.29, 1.82) is 0 Å². The summed E-state index contributed by atoms with van der Waals surface area (Å²) in [5.41, 5.74) is 0. The van der Waals surface area contributed by atoms with Gasteiger partial charge in [-0.25, -0.2) is 0 Å². The number of rotatable bonds is 2. The summed E-state index contributed by atoms with van der Waals surface area (Å²) in [4.78, 5) is 2.56. The van der Waals surface area contributed by atoms with Crippen molar-refractivity contribution in [3.05, 3.63) is 41.3 Å². The van der Waals surface area contributed by atoms with E-state index < -0.39 is 0 Å². The van der Waals surface area contributed by atoms with Crippen molar-refractivity contribution in [3.63, 3.8) is 0 Å². The molecule has 1 aliphatic carbocycles. The zero-order valence-electron chi connectivity index (χ0n) is 8.02.